The fourth-order valence-electron chi connectivity index (χ4n) is 11.9. The van der Waals surface area contributed by atoms with Crippen molar-refractivity contribution < 1.29 is 63.1 Å². The van der Waals surface area contributed by atoms with Crippen molar-refractivity contribution in [3.8, 4) is 0 Å². The van der Waals surface area contributed by atoms with Crippen LogP contribution in [-0.2, 0) is 39.6 Å². The minimum absolute atomic E-state index is 0.177. The molecule has 2 aromatic rings. The molecule has 0 amide bonds. The highest BCUT2D eigenvalue weighted by atomic mass is 32.2. The van der Waals surface area contributed by atoms with Crippen LogP contribution in [0.3, 0.4) is 0 Å². The Bertz CT molecular complexity index is 1970. The highest BCUT2D eigenvalue weighted by molar-refractivity contribution is 7.98. The van der Waals surface area contributed by atoms with Crippen molar-refractivity contribution in [1.29, 1.82) is 0 Å². The van der Waals surface area contributed by atoms with Crippen LogP contribution in [0.1, 0.15) is 118 Å². The van der Waals surface area contributed by atoms with Crippen molar-refractivity contribution in [2.45, 2.75) is 202 Å². The second-order valence-electron chi connectivity index (χ2n) is 21.9. The summed E-state index contributed by atoms with van der Waals surface area (Å²) in [6.07, 6.45) is -4.06. The zero-order valence-corrected chi connectivity index (χ0v) is 45.8. The number of hydrogen-bond donors (Lipinski definition) is 5. The number of aliphatic hydroxyl groups is 5. The number of likely N-dealkylation sites (N-methyl/N-ethyl adjacent to an activating group) is 2. The lowest BCUT2D eigenvalue weighted by atomic mass is 9.68. The molecule has 0 radical (unpaired) electrons. The number of ether oxygens (including phenoxy) is 6. The molecule has 5 rings (SSSR count). The maximum Gasteiger partial charge on any atom is 0.309 e. The minimum atomic E-state index is -1.82. The number of thioether (sulfide) groups is 1. The van der Waals surface area contributed by atoms with Gasteiger partial charge in [-0.15, -0.1) is 16.9 Å². The summed E-state index contributed by atoms with van der Waals surface area (Å²) in [6.45, 7) is 18.0. The third-order valence-electron chi connectivity index (χ3n) is 16.3. The molecule has 3 fully saturated rings. The molecule has 3 saturated heterocycles. The molecule has 5 N–H and O–H groups in total. The second kappa shape index (κ2) is 25.0. The summed E-state index contributed by atoms with van der Waals surface area (Å²) in [7, 11) is 6.83. The van der Waals surface area contributed by atoms with E-state index in [9.17, 15) is 34.7 Å². The Balaban J connectivity index is 1.46. The molecule has 0 spiro atoms. The van der Waals surface area contributed by atoms with E-state index in [1.54, 1.807) is 66.6 Å². The molecule has 1 unspecified atom stereocenters. The molecule has 20 atom stereocenters. The topological polar surface area (TPSA) is 211 Å². The molecular weight excluding hydrogens is 938 g/mol. The molecule has 3 aliphatic heterocycles. The molecule has 17 nitrogen and oxygen atoms in total. The van der Waals surface area contributed by atoms with E-state index >= 15 is 0 Å². The van der Waals surface area contributed by atoms with Crippen LogP contribution >= 0.6 is 11.8 Å². The van der Waals surface area contributed by atoms with Crippen LogP contribution in [0.2, 0.25) is 0 Å². The second-order valence-corrected chi connectivity index (χ2v) is 22.7. The minimum Gasteiger partial charge on any atom is -0.459 e. The number of esters is 1. The van der Waals surface area contributed by atoms with E-state index < -0.39 is 120 Å². The van der Waals surface area contributed by atoms with E-state index in [0.717, 1.165) is 10.5 Å². The van der Waals surface area contributed by atoms with Gasteiger partial charge < -0.3 is 63.8 Å². The Morgan fingerprint density at radius 2 is 1.66 bits per heavy atom. The Hall–Kier alpha value is -2.37. The van der Waals surface area contributed by atoms with Crippen molar-refractivity contribution >= 4 is 17.7 Å². The molecular formula is C52H88FN5O12S. The third-order valence-corrected chi connectivity index (χ3v) is 17.0. The van der Waals surface area contributed by atoms with Crippen LogP contribution in [-0.4, -0.2) is 195 Å². The summed E-state index contributed by atoms with van der Waals surface area (Å²) in [4.78, 5) is 19.7. The SMILES string of the molecule is CC[C@H]1OC(=O)[C@H](C)[C@@H](C2C[C@@](C)(OC)[C@@H](O)[C@H](C)O2)[C@H](C)[C@@H](O[C@@H]2O[C@H](C)C[C@H](N(C)CCc3cn([C@H](CF)[C@H](OC)c4ccc(SC)cc4)nn3)[C@H]2O)[C@](C)(O)C[C@@H](C)CN(C)[C@H](C)[C@@H](O)[C@]1(C)O. The maximum atomic E-state index is 14.7. The van der Waals surface area contributed by atoms with Gasteiger partial charge in [-0.2, -0.15) is 0 Å². The van der Waals surface area contributed by atoms with Gasteiger partial charge in [0.15, 0.2) is 6.29 Å². The zero-order chi connectivity index (χ0) is 52.9. The number of cyclic esters (lactones) is 1. The van der Waals surface area contributed by atoms with Crippen LogP contribution in [0.15, 0.2) is 35.4 Å². The number of rotatable bonds is 15. The van der Waals surface area contributed by atoms with Gasteiger partial charge in [-0.25, -0.2) is 9.07 Å². The number of benzene rings is 1. The van der Waals surface area contributed by atoms with E-state index in [2.05, 4.69) is 10.3 Å². The smallest absolute Gasteiger partial charge is 0.309 e. The number of carbonyl (C=O) groups is 1. The van der Waals surface area contributed by atoms with Gasteiger partial charge in [0, 0.05) is 69.2 Å². The van der Waals surface area contributed by atoms with Crippen molar-refractivity contribution in [3.63, 3.8) is 0 Å². The molecule has 406 valence electrons. The summed E-state index contributed by atoms with van der Waals surface area (Å²) >= 11 is 1.62. The predicted octanol–water partition coefficient (Wildman–Crippen LogP) is 5.00. The van der Waals surface area contributed by atoms with E-state index in [-0.39, 0.29) is 31.3 Å². The van der Waals surface area contributed by atoms with Crippen molar-refractivity contribution in [3.05, 3.63) is 41.7 Å². The van der Waals surface area contributed by atoms with E-state index in [1.165, 1.54) is 18.7 Å². The van der Waals surface area contributed by atoms with Gasteiger partial charge in [0.1, 0.15) is 48.8 Å². The highest BCUT2D eigenvalue weighted by Gasteiger charge is 2.55. The first kappa shape index (κ1) is 59.5. The van der Waals surface area contributed by atoms with Crippen molar-refractivity contribution in [2.75, 3.05) is 54.3 Å². The first-order chi connectivity index (χ1) is 33.3. The Kier molecular flexibility index (Phi) is 20.9. The number of carbonyl (C=O) groups excluding carboxylic acids is 1. The Labute approximate surface area is 426 Å². The molecule has 1 aromatic heterocycles. The van der Waals surface area contributed by atoms with Gasteiger partial charge in [0.2, 0.25) is 0 Å². The fourth-order valence-corrected chi connectivity index (χ4v) is 12.3. The van der Waals surface area contributed by atoms with E-state index in [4.69, 9.17) is 28.4 Å². The van der Waals surface area contributed by atoms with Gasteiger partial charge in [0.05, 0.1) is 47.2 Å². The number of methoxy groups -OCH3 is 2. The number of aromatic nitrogens is 3. The predicted molar refractivity (Wildman–Crippen MR) is 268 cm³/mol. The number of nitrogens with zero attached hydrogens (tertiary/aromatic N) is 5. The lowest BCUT2D eigenvalue weighted by Crippen LogP contribution is -2.62. The molecule has 4 heterocycles. The zero-order valence-electron chi connectivity index (χ0n) is 45.0. The summed E-state index contributed by atoms with van der Waals surface area (Å²) in [5, 5.41) is 68.9. The van der Waals surface area contributed by atoms with Crippen LogP contribution in [0.25, 0.3) is 0 Å². The normalized spacial score (nSPS) is 40.4. The lowest BCUT2D eigenvalue weighted by Gasteiger charge is -2.51. The van der Waals surface area contributed by atoms with Crippen molar-refractivity contribution in [2.24, 2.45) is 23.7 Å². The fraction of sp³-hybridized carbons (Fsp3) is 0.827. The third kappa shape index (κ3) is 13.5. The van der Waals surface area contributed by atoms with Gasteiger partial charge in [-0.1, -0.05) is 45.0 Å². The number of hydrogen-bond acceptors (Lipinski definition) is 17. The van der Waals surface area contributed by atoms with Gasteiger partial charge >= 0.3 is 5.97 Å². The molecule has 1 aromatic carbocycles. The molecule has 71 heavy (non-hydrogen) atoms. The van der Waals surface area contributed by atoms with Crippen molar-refractivity contribution in [1.82, 2.24) is 24.8 Å². The van der Waals surface area contributed by atoms with E-state index in [0.29, 0.717) is 31.6 Å². The van der Waals surface area contributed by atoms with Gasteiger partial charge in [0.25, 0.3) is 0 Å². The number of alkyl halides is 1. The molecule has 0 aliphatic carbocycles. The molecule has 19 heteroatoms. The highest BCUT2D eigenvalue weighted by Crippen LogP contribution is 2.45. The average molecular weight is 1030 g/mol. The summed E-state index contributed by atoms with van der Waals surface area (Å²) in [5.41, 5.74) is -3.04. The quantitative estimate of drug-likeness (QED) is 0.117. The summed E-state index contributed by atoms with van der Waals surface area (Å²) in [6, 6.07) is 6.05. The van der Waals surface area contributed by atoms with E-state index in [1.807, 2.05) is 75.2 Å². The van der Waals surface area contributed by atoms with Crippen LogP contribution in [0.5, 0.6) is 0 Å². The first-order valence-electron chi connectivity index (χ1n) is 25.5. The number of halogens is 1. The maximum absolute atomic E-state index is 14.7. The lowest BCUT2D eigenvalue weighted by molar-refractivity contribution is -0.302. The Morgan fingerprint density at radius 1 is 1.00 bits per heavy atom. The molecule has 0 bridgehead atoms. The average Bonchev–Trinajstić information content (AvgIpc) is 3.80. The van der Waals surface area contributed by atoms with Gasteiger partial charge in [-0.3, -0.25) is 4.79 Å². The number of aliphatic hydroxyl groups excluding tert-OH is 3. The monoisotopic (exact) mass is 1030 g/mol. The summed E-state index contributed by atoms with van der Waals surface area (Å²) in [5.74, 6) is -3.22. The largest absolute Gasteiger partial charge is 0.459 e. The van der Waals surface area contributed by atoms with Crippen LogP contribution in [0.4, 0.5) is 4.39 Å². The standard InChI is InChI=1S/C52H88FN5O12S/c1-16-41-52(10,64)45(60)33(6)57(12)27-29(2)24-50(8,63)47(31(4)42(32(5)48(62)69-41)40-25-51(9,66-14)46(61)34(7)68-40)70-49-43(59)38(23-30(3)67-49)56(11)22-21-36-28-58(55-54-36)39(26-53)44(65-13)35-17-19-37(71-15)20-18-35/h17-20,28-34,38-47,49,59-61,63-64H,16,21-27H2,1-15H3/t29-,30-,31+,32-,33-,34+,38+,39-,40?,41-,42+,43-,44-,45-,46+,47-,49+,50-,51-,52-/m1/s1. The summed E-state index contributed by atoms with van der Waals surface area (Å²) < 4.78 is 54.2. The van der Waals surface area contributed by atoms with Crippen LogP contribution < -0.4 is 0 Å². The van der Waals surface area contributed by atoms with Gasteiger partial charge in [-0.05, 0) is 111 Å². The molecule has 0 saturated carbocycles. The Morgan fingerprint density at radius 3 is 2.25 bits per heavy atom. The first-order valence-corrected chi connectivity index (χ1v) is 26.8. The molecule has 3 aliphatic rings. The van der Waals surface area contributed by atoms with Crippen LogP contribution in [0, 0.1) is 23.7 Å².